The second-order valence-electron chi connectivity index (χ2n) is 6.77. The van der Waals surface area contributed by atoms with Crippen LogP contribution in [0.3, 0.4) is 0 Å². The Morgan fingerprint density at radius 3 is 2.47 bits per heavy atom. The highest BCUT2D eigenvalue weighted by molar-refractivity contribution is 5.67. The number of aromatic nitrogens is 2. The molecule has 30 heavy (non-hydrogen) atoms. The number of aliphatic hydroxyl groups excluding tert-OH is 1. The molecule has 5 nitrogen and oxygen atoms in total. The third-order valence-corrected chi connectivity index (χ3v) is 4.48. The molecule has 150 valence electrons. The summed E-state index contributed by atoms with van der Waals surface area (Å²) in [5, 5.41) is 12.4. The largest absolute Gasteiger partial charge is 0.455 e. The molecule has 0 radical (unpaired) electrons. The van der Waals surface area contributed by atoms with Crippen LogP contribution in [0, 0.1) is 12.7 Å². The molecule has 0 atom stereocenters. The van der Waals surface area contributed by atoms with E-state index in [1.54, 1.807) is 30.5 Å². The molecular formula is C24H20FN3O2. The van der Waals surface area contributed by atoms with Gasteiger partial charge in [0.2, 0.25) is 0 Å². The van der Waals surface area contributed by atoms with Gasteiger partial charge in [0, 0.05) is 29.2 Å². The van der Waals surface area contributed by atoms with Crippen LogP contribution in [0.5, 0.6) is 11.5 Å². The van der Waals surface area contributed by atoms with E-state index in [2.05, 4.69) is 15.3 Å². The highest BCUT2D eigenvalue weighted by atomic mass is 19.1. The van der Waals surface area contributed by atoms with Crippen molar-refractivity contribution >= 4 is 11.5 Å². The topological polar surface area (TPSA) is 67.3 Å². The van der Waals surface area contributed by atoms with E-state index in [9.17, 15) is 4.39 Å². The number of aliphatic hydroxyl groups is 1. The molecule has 0 fully saturated rings. The molecule has 6 heteroatoms. The number of rotatable bonds is 6. The van der Waals surface area contributed by atoms with Crippen molar-refractivity contribution in [2.24, 2.45) is 0 Å². The molecule has 2 N–H and O–H groups in total. The summed E-state index contributed by atoms with van der Waals surface area (Å²) in [5.74, 6) is 1.48. The first-order valence-electron chi connectivity index (χ1n) is 9.45. The molecule has 4 aromatic rings. The van der Waals surface area contributed by atoms with Crippen molar-refractivity contribution in [1.29, 1.82) is 0 Å². The fourth-order valence-corrected chi connectivity index (χ4v) is 2.95. The zero-order valence-electron chi connectivity index (χ0n) is 16.3. The summed E-state index contributed by atoms with van der Waals surface area (Å²) in [7, 11) is 0. The zero-order chi connectivity index (χ0) is 20.9. The van der Waals surface area contributed by atoms with E-state index in [0.717, 1.165) is 22.5 Å². The maximum Gasteiger partial charge on any atom is 0.153 e. The molecule has 2 aromatic heterocycles. The normalized spacial score (nSPS) is 10.6. The van der Waals surface area contributed by atoms with Crippen molar-refractivity contribution in [1.82, 2.24) is 9.97 Å². The first-order chi connectivity index (χ1) is 14.6. The van der Waals surface area contributed by atoms with Crippen LogP contribution < -0.4 is 10.1 Å². The minimum absolute atomic E-state index is 0.00281. The molecule has 0 unspecified atom stereocenters. The maximum absolute atomic E-state index is 13.3. The lowest BCUT2D eigenvalue weighted by molar-refractivity contribution is 0.282. The lowest BCUT2D eigenvalue weighted by Crippen LogP contribution is -1.96. The Morgan fingerprint density at radius 1 is 0.967 bits per heavy atom. The Kier molecular flexibility index (Phi) is 5.68. The summed E-state index contributed by atoms with van der Waals surface area (Å²) in [6.07, 6.45) is 1.65. The van der Waals surface area contributed by atoms with Gasteiger partial charge in [0.15, 0.2) is 5.75 Å². The fourth-order valence-electron chi connectivity index (χ4n) is 2.95. The molecule has 4 rings (SSSR count). The van der Waals surface area contributed by atoms with Gasteiger partial charge in [-0.1, -0.05) is 12.1 Å². The number of nitrogens with zero attached hydrogens (tertiary/aromatic N) is 2. The number of aryl methyl sites for hydroxylation is 1. The van der Waals surface area contributed by atoms with Crippen LogP contribution in [0.25, 0.3) is 11.3 Å². The van der Waals surface area contributed by atoms with Crippen LogP contribution in [0.2, 0.25) is 0 Å². The monoisotopic (exact) mass is 401 g/mol. The first-order valence-corrected chi connectivity index (χ1v) is 9.45. The first kappa shape index (κ1) is 19.5. The van der Waals surface area contributed by atoms with Crippen molar-refractivity contribution in [2.75, 3.05) is 5.32 Å². The number of ether oxygens (including phenoxy) is 1. The number of pyridine rings is 2. The predicted octanol–water partition coefficient (Wildman–Crippen LogP) is 5.62. The van der Waals surface area contributed by atoms with Crippen molar-refractivity contribution < 1.29 is 14.2 Å². The van der Waals surface area contributed by atoms with Crippen LogP contribution in [0.4, 0.5) is 15.9 Å². The lowest BCUT2D eigenvalue weighted by atomic mass is 10.1. The average molecular weight is 401 g/mol. The summed E-state index contributed by atoms with van der Waals surface area (Å²) in [6.45, 7) is 1.90. The Balaban J connectivity index is 1.59. The van der Waals surface area contributed by atoms with Gasteiger partial charge in [0.25, 0.3) is 0 Å². The smallest absolute Gasteiger partial charge is 0.153 e. The number of hydrogen-bond donors (Lipinski definition) is 2. The fraction of sp³-hybridized carbons (Fsp3) is 0.0833. The summed E-state index contributed by atoms with van der Waals surface area (Å²) in [6, 6.07) is 20.9. The number of nitrogens with one attached hydrogen (secondary N) is 1. The molecule has 2 heterocycles. The summed E-state index contributed by atoms with van der Waals surface area (Å²) >= 11 is 0. The van der Waals surface area contributed by atoms with Crippen LogP contribution in [0.1, 0.15) is 11.3 Å². The standard InChI is InChI=1S/C24H20FN3O2/c1-16-2-11-22(24(27-16)18-5-7-19(25)8-6-18)30-21-12-13-26-23(14-21)28-20-9-3-17(15-29)4-10-20/h2-14,29H,15H2,1H3,(H,26,28). The second kappa shape index (κ2) is 8.71. The maximum atomic E-state index is 13.3. The number of hydrogen-bond acceptors (Lipinski definition) is 5. The summed E-state index contributed by atoms with van der Waals surface area (Å²) in [5.41, 5.74) is 3.93. The quantitative estimate of drug-likeness (QED) is 0.439. The Morgan fingerprint density at radius 2 is 1.73 bits per heavy atom. The zero-order valence-corrected chi connectivity index (χ0v) is 16.3. The van der Waals surface area contributed by atoms with E-state index in [0.29, 0.717) is 23.0 Å². The van der Waals surface area contributed by atoms with Crippen molar-refractivity contribution in [3.05, 3.63) is 96.1 Å². The second-order valence-corrected chi connectivity index (χ2v) is 6.77. The Bertz CT molecular complexity index is 1150. The summed E-state index contributed by atoms with van der Waals surface area (Å²) < 4.78 is 19.4. The van der Waals surface area contributed by atoms with Crippen molar-refractivity contribution in [3.8, 4) is 22.8 Å². The van der Waals surface area contributed by atoms with Gasteiger partial charge < -0.3 is 15.2 Å². The highest BCUT2D eigenvalue weighted by Crippen LogP contribution is 2.33. The lowest BCUT2D eigenvalue weighted by Gasteiger charge is -2.13. The van der Waals surface area contributed by atoms with E-state index in [4.69, 9.17) is 9.84 Å². The highest BCUT2D eigenvalue weighted by Gasteiger charge is 2.11. The van der Waals surface area contributed by atoms with Gasteiger partial charge in [-0.3, -0.25) is 0 Å². The molecule has 0 amide bonds. The van der Waals surface area contributed by atoms with Crippen LogP contribution in [-0.2, 0) is 6.61 Å². The van der Waals surface area contributed by atoms with E-state index in [1.807, 2.05) is 43.3 Å². The molecular weight excluding hydrogens is 381 g/mol. The molecule has 0 aliphatic carbocycles. The van der Waals surface area contributed by atoms with Gasteiger partial charge >= 0.3 is 0 Å². The van der Waals surface area contributed by atoms with Crippen LogP contribution >= 0.6 is 0 Å². The summed E-state index contributed by atoms with van der Waals surface area (Å²) in [4.78, 5) is 8.90. The van der Waals surface area contributed by atoms with Crippen molar-refractivity contribution in [2.45, 2.75) is 13.5 Å². The third kappa shape index (κ3) is 4.61. The minimum atomic E-state index is -0.300. The average Bonchev–Trinajstić information content (AvgIpc) is 2.76. The van der Waals surface area contributed by atoms with Gasteiger partial charge in [-0.15, -0.1) is 0 Å². The van der Waals surface area contributed by atoms with E-state index in [-0.39, 0.29) is 12.4 Å². The molecule has 0 saturated carbocycles. The number of anilines is 2. The van der Waals surface area contributed by atoms with Gasteiger partial charge in [-0.25, -0.2) is 14.4 Å². The molecule has 0 aliphatic rings. The molecule has 2 aromatic carbocycles. The van der Waals surface area contributed by atoms with Gasteiger partial charge in [0.1, 0.15) is 23.1 Å². The van der Waals surface area contributed by atoms with Gasteiger partial charge in [-0.05, 0) is 67.1 Å². The molecule has 0 bridgehead atoms. The predicted molar refractivity (Wildman–Crippen MR) is 114 cm³/mol. The van der Waals surface area contributed by atoms with E-state index >= 15 is 0 Å². The van der Waals surface area contributed by atoms with Crippen molar-refractivity contribution in [3.63, 3.8) is 0 Å². The number of benzene rings is 2. The molecule has 0 saturated heterocycles. The van der Waals surface area contributed by atoms with Gasteiger partial charge in [0.05, 0.1) is 6.61 Å². The Hall–Kier alpha value is -3.77. The van der Waals surface area contributed by atoms with Crippen LogP contribution in [-0.4, -0.2) is 15.1 Å². The molecule has 0 spiro atoms. The minimum Gasteiger partial charge on any atom is -0.455 e. The SMILES string of the molecule is Cc1ccc(Oc2ccnc(Nc3ccc(CO)cc3)c2)c(-c2ccc(F)cc2)n1. The third-order valence-electron chi connectivity index (χ3n) is 4.48. The number of halogens is 1. The van der Waals surface area contributed by atoms with E-state index in [1.165, 1.54) is 12.1 Å². The van der Waals surface area contributed by atoms with Gasteiger partial charge in [-0.2, -0.15) is 0 Å². The van der Waals surface area contributed by atoms with E-state index < -0.39 is 0 Å². The Labute approximate surface area is 173 Å². The van der Waals surface area contributed by atoms with Crippen LogP contribution in [0.15, 0.2) is 79.0 Å². The molecule has 0 aliphatic heterocycles.